The van der Waals surface area contributed by atoms with Crippen LogP contribution in [-0.2, 0) is 16.1 Å². The van der Waals surface area contributed by atoms with Crippen LogP contribution >= 0.6 is 0 Å². The number of nitrogens with zero attached hydrogens (tertiary/aromatic N) is 2. The zero-order chi connectivity index (χ0) is 10.8. The van der Waals surface area contributed by atoms with Crippen LogP contribution in [0.25, 0.3) is 0 Å². The van der Waals surface area contributed by atoms with E-state index in [0.29, 0.717) is 13.0 Å². The van der Waals surface area contributed by atoms with Crippen LogP contribution in [0.4, 0.5) is 0 Å². The summed E-state index contributed by atoms with van der Waals surface area (Å²) >= 11 is 0. The fourth-order valence-corrected chi connectivity index (χ4v) is 1.97. The van der Waals surface area contributed by atoms with Crippen LogP contribution in [0.3, 0.4) is 0 Å². The number of aromatic nitrogens is 2. The Balaban J connectivity index is 2.26. The van der Waals surface area contributed by atoms with Gasteiger partial charge in [-0.3, -0.25) is 4.79 Å². The van der Waals surface area contributed by atoms with Crippen LogP contribution in [0.1, 0.15) is 25.1 Å². The number of hydrogen-bond donors (Lipinski definition) is 1. The van der Waals surface area contributed by atoms with E-state index < -0.39 is 11.9 Å². The van der Waals surface area contributed by atoms with Gasteiger partial charge in [-0.05, 0) is 13.3 Å². The molecule has 2 unspecified atom stereocenters. The smallest absolute Gasteiger partial charge is 0.309 e. The average molecular weight is 210 g/mol. The van der Waals surface area contributed by atoms with Crippen molar-refractivity contribution in [1.29, 1.82) is 0 Å². The lowest BCUT2D eigenvalue weighted by Gasteiger charge is -2.16. The van der Waals surface area contributed by atoms with E-state index in [4.69, 9.17) is 9.84 Å². The zero-order valence-electron chi connectivity index (χ0n) is 8.59. The minimum absolute atomic E-state index is 0.343. The molecule has 1 N–H and O–H groups in total. The van der Waals surface area contributed by atoms with Crippen molar-refractivity contribution in [3.63, 3.8) is 0 Å². The average Bonchev–Trinajstić information content (AvgIpc) is 2.85. The van der Waals surface area contributed by atoms with Crippen LogP contribution in [0, 0.1) is 5.92 Å². The molecule has 0 saturated carbocycles. The summed E-state index contributed by atoms with van der Waals surface area (Å²) in [5, 5.41) is 9.04. The molecule has 0 spiro atoms. The van der Waals surface area contributed by atoms with Crippen molar-refractivity contribution in [3.05, 3.63) is 18.2 Å². The summed E-state index contributed by atoms with van der Waals surface area (Å²) in [6.45, 7) is 3.29. The van der Waals surface area contributed by atoms with Crippen LogP contribution < -0.4 is 0 Å². The van der Waals surface area contributed by atoms with E-state index in [1.165, 1.54) is 0 Å². The molecule has 82 valence electrons. The van der Waals surface area contributed by atoms with E-state index in [9.17, 15) is 4.79 Å². The molecule has 1 aromatic rings. The zero-order valence-corrected chi connectivity index (χ0v) is 8.59. The van der Waals surface area contributed by atoms with Gasteiger partial charge in [0, 0.05) is 13.2 Å². The number of aliphatic carboxylic acids is 1. The molecule has 2 heterocycles. The molecule has 0 amide bonds. The van der Waals surface area contributed by atoms with Crippen molar-refractivity contribution in [1.82, 2.24) is 9.55 Å². The van der Waals surface area contributed by atoms with E-state index in [1.54, 1.807) is 12.5 Å². The topological polar surface area (TPSA) is 64.4 Å². The van der Waals surface area contributed by atoms with E-state index in [0.717, 1.165) is 12.2 Å². The maximum absolute atomic E-state index is 11.0. The monoisotopic (exact) mass is 210 g/mol. The number of hydrogen-bond acceptors (Lipinski definition) is 3. The molecule has 0 bridgehead atoms. The molecule has 0 aliphatic carbocycles. The number of rotatable bonds is 3. The molecule has 1 fully saturated rings. The van der Waals surface area contributed by atoms with Crippen LogP contribution in [0.15, 0.2) is 12.5 Å². The normalized spacial score (nSPS) is 25.7. The van der Waals surface area contributed by atoms with Crippen LogP contribution in [0.5, 0.6) is 0 Å². The minimum atomic E-state index is -0.790. The van der Waals surface area contributed by atoms with Crippen molar-refractivity contribution >= 4 is 5.97 Å². The predicted octanol–water partition coefficient (Wildman–Crippen LogP) is 1.07. The lowest BCUT2D eigenvalue weighted by molar-refractivity contribution is -0.143. The molecule has 1 aliphatic rings. The third kappa shape index (κ3) is 1.74. The van der Waals surface area contributed by atoms with Gasteiger partial charge in [-0.1, -0.05) is 0 Å². The third-order valence-corrected chi connectivity index (χ3v) is 2.79. The van der Waals surface area contributed by atoms with E-state index in [1.807, 2.05) is 11.5 Å². The number of ether oxygens (including phenoxy) is 1. The number of carbonyl (C=O) groups is 1. The van der Waals surface area contributed by atoms with Gasteiger partial charge in [-0.15, -0.1) is 0 Å². The Kier molecular flexibility index (Phi) is 2.73. The molecule has 2 atom stereocenters. The van der Waals surface area contributed by atoms with Gasteiger partial charge in [0.05, 0.1) is 24.1 Å². The minimum Gasteiger partial charge on any atom is -0.481 e. The molecule has 5 heteroatoms. The fourth-order valence-electron chi connectivity index (χ4n) is 1.97. The number of carboxylic acid groups (broad SMARTS) is 1. The molecule has 15 heavy (non-hydrogen) atoms. The number of imidazole rings is 1. The molecule has 1 saturated heterocycles. The molecule has 2 rings (SSSR count). The highest BCUT2D eigenvalue weighted by atomic mass is 16.5. The highest BCUT2D eigenvalue weighted by Gasteiger charge is 2.36. The first-order valence-corrected chi connectivity index (χ1v) is 5.08. The number of aryl methyl sites for hydroxylation is 1. The Morgan fingerprint density at radius 2 is 2.60 bits per heavy atom. The molecule has 1 aliphatic heterocycles. The van der Waals surface area contributed by atoms with Gasteiger partial charge in [-0.25, -0.2) is 4.98 Å². The van der Waals surface area contributed by atoms with Crippen molar-refractivity contribution in [2.75, 3.05) is 6.61 Å². The maximum Gasteiger partial charge on any atom is 0.309 e. The highest BCUT2D eigenvalue weighted by Crippen LogP contribution is 2.34. The molecule has 1 aromatic heterocycles. The lowest BCUT2D eigenvalue weighted by Crippen LogP contribution is -2.19. The van der Waals surface area contributed by atoms with E-state index in [-0.39, 0.29) is 6.10 Å². The first-order chi connectivity index (χ1) is 7.24. The third-order valence-electron chi connectivity index (χ3n) is 2.79. The van der Waals surface area contributed by atoms with Gasteiger partial charge >= 0.3 is 5.97 Å². The van der Waals surface area contributed by atoms with Crippen molar-refractivity contribution < 1.29 is 14.6 Å². The van der Waals surface area contributed by atoms with Gasteiger partial charge in [-0.2, -0.15) is 0 Å². The van der Waals surface area contributed by atoms with Crippen molar-refractivity contribution in [2.24, 2.45) is 5.92 Å². The summed E-state index contributed by atoms with van der Waals surface area (Å²) in [6.07, 6.45) is 3.63. The summed E-state index contributed by atoms with van der Waals surface area (Å²) in [4.78, 5) is 15.0. The Labute approximate surface area is 87.7 Å². The lowest BCUT2D eigenvalue weighted by atomic mass is 10.00. The standard InChI is InChI=1S/C10H14N2O3/c1-2-12-6-11-5-8(12)9-7(10(13)14)3-4-15-9/h5-7,9H,2-4H2,1H3,(H,13,14). The van der Waals surface area contributed by atoms with Gasteiger partial charge in [0.1, 0.15) is 6.10 Å². The second-order valence-corrected chi connectivity index (χ2v) is 3.63. The maximum atomic E-state index is 11.0. The second kappa shape index (κ2) is 4.02. The van der Waals surface area contributed by atoms with Gasteiger partial charge < -0.3 is 14.4 Å². The molecule has 5 nitrogen and oxygen atoms in total. The molecular weight excluding hydrogens is 196 g/mol. The summed E-state index contributed by atoms with van der Waals surface area (Å²) in [5.74, 6) is -1.23. The largest absolute Gasteiger partial charge is 0.481 e. The van der Waals surface area contributed by atoms with Crippen molar-refractivity contribution in [3.8, 4) is 0 Å². The quantitative estimate of drug-likeness (QED) is 0.810. The Morgan fingerprint density at radius 1 is 1.80 bits per heavy atom. The summed E-state index contributed by atoms with van der Waals surface area (Å²) in [7, 11) is 0. The van der Waals surface area contributed by atoms with Crippen molar-refractivity contribution in [2.45, 2.75) is 26.0 Å². The summed E-state index contributed by atoms with van der Waals surface area (Å²) in [6, 6.07) is 0. The van der Waals surface area contributed by atoms with Gasteiger partial charge in [0.25, 0.3) is 0 Å². The van der Waals surface area contributed by atoms with Crippen LogP contribution in [-0.4, -0.2) is 27.2 Å². The Bertz CT molecular complexity index is 361. The Hall–Kier alpha value is -1.36. The summed E-state index contributed by atoms with van der Waals surface area (Å²) in [5.41, 5.74) is 0.863. The van der Waals surface area contributed by atoms with E-state index >= 15 is 0 Å². The van der Waals surface area contributed by atoms with E-state index in [2.05, 4.69) is 4.98 Å². The first kappa shape index (κ1) is 10.2. The molecule has 0 radical (unpaired) electrons. The fraction of sp³-hybridized carbons (Fsp3) is 0.600. The molecule has 0 aromatic carbocycles. The van der Waals surface area contributed by atoms with Gasteiger partial charge in [0.15, 0.2) is 0 Å². The highest BCUT2D eigenvalue weighted by molar-refractivity contribution is 5.71. The Morgan fingerprint density at radius 3 is 3.27 bits per heavy atom. The predicted molar refractivity (Wildman–Crippen MR) is 52.3 cm³/mol. The summed E-state index contributed by atoms with van der Waals surface area (Å²) < 4.78 is 7.39. The second-order valence-electron chi connectivity index (χ2n) is 3.63. The SMILES string of the molecule is CCn1cncc1C1OCCC1C(=O)O. The number of carboxylic acids is 1. The van der Waals surface area contributed by atoms with Gasteiger partial charge in [0.2, 0.25) is 0 Å². The van der Waals surface area contributed by atoms with Crippen LogP contribution in [0.2, 0.25) is 0 Å². The first-order valence-electron chi connectivity index (χ1n) is 5.08. The molecular formula is C10H14N2O3.